The number of nitrogens with zero attached hydrogens (tertiary/aromatic N) is 2. The molecule has 0 N–H and O–H groups in total. The molecule has 7 heteroatoms. The molecule has 1 aliphatic heterocycles. The van der Waals surface area contributed by atoms with Gasteiger partial charge in [-0.15, -0.1) is 0 Å². The van der Waals surface area contributed by atoms with Gasteiger partial charge in [-0.2, -0.15) is 11.8 Å². The first-order valence-corrected chi connectivity index (χ1v) is 8.01. The normalized spacial score (nSPS) is 22.6. The Morgan fingerprint density at radius 3 is 2.55 bits per heavy atom. The number of nitro groups is 1. The second kappa shape index (κ2) is 6.13. The van der Waals surface area contributed by atoms with Crippen LogP contribution in [0.2, 0.25) is 0 Å². The molecule has 0 aliphatic carbocycles. The number of carbonyl (C=O) groups is 1. The Morgan fingerprint density at radius 2 is 2.00 bits per heavy atom. The summed E-state index contributed by atoms with van der Waals surface area (Å²) in [4.78, 5) is 24.8. The number of carbonyl (C=O) groups excluding carboxylic acids is 1. The van der Waals surface area contributed by atoms with E-state index in [1.54, 1.807) is 17.0 Å². The molecule has 1 saturated heterocycles. The molecule has 2 rings (SSSR count). The zero-order valence-corrected chi connectivity index (χ0v) is 13.6. The van der Waals surface area contributed by atoms with Gasteiger partial charge in [0.15, 0.2) is 0 Å². The summed E-state index contributed by atoms with van der Waals surface area (Å²) in [5, 5.41) is 11.7. The van der Waals surface area contributed by atoms with Gasteiger partial charge in [0.05, 0.1) is 10.5 Å². The number of rotatable bonds is 2. The predicted octanol–water partition coefficient (Wildman–Crippen LogP) is 3.32. The van der Waals surface area contributed by atoms with Crippen LogP contribution in [0.5, 0.6) is 0 Å². The summed E-state index contributed by atoms with van der Waals surface area (Å²) in [6.07, 6.45) is 0. The van der Waals surface area contributed by atoms with Crippen molar-refractivity contribution < 1.29 is 9.72 Å². The van der Waals surface area contributed by atoms with Crippen molar-refractivity contribution in [2.75, 3.05) is 13.1 Å². The van der Waals surface area contributed by atoms with Crippen LogP contribution in [0.25, 0.3) is 0 Å². The van der Waals surface area contributed by atoms with Crippen LogP contribution in [0.3, 0.4) is 0 Å². The zero-order chi connectivity index (χ0) is 14.9. The average Bonchev–Trinajstić information content (AvgIpc) is 2.36. The summed E-state index contributed by atoms with van der Waals surface area (Å²) in [7, 11) is 0. The van der Waals surface area contributed by atoms with Gasteiger partial charge in [-0.25, -0.2) is 0 Å². The van der Waals surface area contributed by atoms with Crippen molar-refractivity contribution >= 4 is 39.3 Å². The van der Waals surface area contributed by atoms with E-state index in [9.17, 15) is 14.9 Å². The largest absolute Gasteiger partial charge is 0.336 e. The maximum Gasteiger partial charge on any atom is 0.284 e. The molecule has 0 spiro atoms. The maximum absolute atomic E-state index is 12.6. The number of benzene rings is 1. The van der Waals surface area contributed by atoms with Crippen LogP contribution in [-0.2, 0) is 0 Å². The van der Waals surface area contributed by atoms with E-state index in [-0.39, 0.29) is 16.1 Å². The number of hydrogen-bond acceptors (Lipinski definition) is 4. The minimum Gasteiger partial charge on any atom is -0.336 e. The summed E-state index contributed by atoms with van der Waals surface area (Å²) in [6.45, 7) is 5.51. The Balaban J connectivity index is 2.29. The molecule has 1 heterocycles. The Hall–Kier alpha value is -1.08. The number of halogens is 1. The molecule has 0 radical (unpaired) electrons. The third-order valence-electron chi connectivity index (χ3n) is 3.11. The van der Waals surface area contributed by atoms with E-state index < -0.39 is 4.92 Å². The van der Waals surface area contributed by atoms with E-state index in [1.807, 2.05) is 11.8 Å². The smallest absolute Gasteiger partial charge is 0.284 e. The minimum atomic E-state index is -0.488. The lowest BCUT2D eigenvalue weighted by molar-refractivity contribution is -0.385. The highest BCUT2D eigenvalue weighted by Crippen LogP contribution is 2.31. The topological polar surface area (TPSA) is 63.5 Å². The third kappa shape index (κ3) is 3.15. The first-order chi connectivity index (χ1) is 9.40. The summed E-state index contributed by atoms with van der Waals surface area (Å²) in [5.41, 5.74) is 0.272. The molecule has 5 nitrogen and oxygen atoms in total. The Morgan fingerprint density at radius 1 is 1.40 bits per heavy atom. The van der Waals surface area contributed by atoms with Gasteiger partial charge in [-0.3, -0.25) is 14.9 Å². The van der Waals surface area contributed by atoms with E-state index in [1.165, 1.54) is 6.07 Å². The lowest BCUT2D eigenvalue weighted by Crippen LogP contribution is -2.44. The molecule has 1 aromatic carbocycles. The first-order valence-electron chi connectivity index (χ1n) is 6.27. The predicted molar refractivity (Wildman–Crippen MR) is 83.2 cm³/mol. The lowest BCUT2D eigenvalue weighted by Gasteiger charge is -2.34. The molecule has 20 heavy (non-hydrogen) atoms. The maximum atomic E-state index is 12.6. The van der Waals surface area contributed by atoms with Gasteiger partial charge in [-0.05, 0) is 22.0 Å². The standard InChI is InChI=1S/C13H15BrN2O3S/c1-8-6-15(7-9(2)20-8)13(17)10-4-3-5-11(12(10)14)16(18)19/h3-5,8-9H,6-7H2,1-2H3. The molecule has 0 aromatic heterocycles. The van der Waals surface area contributed by atoms with Crippen molar-refractivity contribution in [1.29, 1.82) is 0 Å². The highest BCUT2D eigenvalue weighted by atomic mass is 79.9. The summed E-state index contributed by atoms with van der Waals surface area (Å²) in [5.74, 6) is -0.153. The van der Waals surface area contributed by atoms with Gasteiger partial charge >= 0.3 is 0 Å². The van der Waals surface area contributed by atoms with Crippen molar-refractivity contribution in [3.05, 3.63) is 38.3 Å². The summed E-state index contributed by atoms with van der Waals surface area (Å²) in [6, 6.07) is 4.55. The van der Waals surface area contributed by atoms with E-state index in [2.05, 4.69) is 29.8 Å². The van der Waals surface area contributed by atoms with E-state index in [4.69, 9.17) is 0 Å². The summed E-state index contributed by atoms with van der Waals surface area (Å²) >= 11 is 5.04. The first kappa shape index (κ1) is 15.3. The highest BCUT2D eigenvalue weighted by Gasteiger charge is 2.29. The molecular formula is C13H15BrN2O3S. The molecule has 1 aliphatic rings. The lowest BCUT2D eigenvalue weighted by atomic mass is 10.1. The molecule has 108 valence electrons. The molecule has 1 fully saturated rings. The Bertz CT molecular complexity index is 542. The van der Waals surface area contributed by atoms with Crippen LogP contribution in [0, 0.1) is 10.1 Å². The highest BCUT2D eigenvalue weighted by molar-refractivity contribution is 9.10. The number of hydrogen-bond donors (Lipinski definition) is 0. The fraction of sp³-hybridized carbons (Fsp3) is 0.462. The second-order valence-corrected chi connectivity index (χ2v) is 7.54. The van der Waals surface area contributed by atoms with Gasteiger partial charge in [-0.1, -0.05) is 19.9 Å². The van der Waals surface area contributed by atoms with Crippen LogP contribution in [0.15, 0.2) is 22.7 Å². The van der Waals surface area contributed by atoms with Crippen molar-refractivity contribution in [2.24, 2.45) is 0 Å². The van der Waals surface area contributed by atoms with Gasteiger partial charge in [0.25, 0.3) is 11.6 Å². The molecule has 2 atom stereocenters. The number of nitro benzene ring substituents is 1. The zero-order valence-electron chi connectivity index (χ0n) is 11.2. The number of amides is 1. The fourth-order valence-corrected chi connectivity index (χ4v) is 4.24. The Kier molecular flexibility index (Phi) is 4.70. The van der Waals surface area contributed by atoms with Crippen LogP contribution < -0.4 is 0 Å². The second-order valence-electron chi connectivity index (χ2n) is 4.86. The van der Waals surface area contributed by atoms with Crippen LogP contribution >= 0.6 is 27.7 Å². The van der Waals surface area contributed by atoms with Crippen molar-refractivity contribution in [1.82, 2.24) is 4.90 Å². The van der Waals surface area contributed by atoms with Crippen molar-refractivity contribution in [2.45, 2.75) is 24.3 Å². The Labute approximate surface area is 130 Å². The molecule has 0 saturated carbocycles. The molecular weight excluding hydrogens is 344 g/mol. The minimum absolute atomic E-state index is 0.0802. The molecule has 1 aromatic rings. The monoisotopic (exact) mass is 358 g/mol. The van der Waals surface area contributed by atoms with Gasteiger partial charge < -0.3 is 4.90 Å². The van der Waals surface area contributed by atoms with Crippen molar-refractivity contribution in [3.8, 4) is 0 Å². The molecule has 1 amide bonds. The quantitative estimate of drug-likeness (QED) is 0.600. The number of thioether (sulfide) groups is 1. The van der Waals surface area contributed by atoms with E-state index in [0.29, 0.717) is 29.2 Å². The van der Waals surface area contributed by atoms with E-state index >= 15 is 0 Å². The average molecular weight is 359 g/mol. The van der Waals surface area contributed by atoms with Gasteiger partial charge in [0, 0.05) is 29.7 Å². The van der Waals surface area contributed by atoms with Crippen LogP contribution in [-0.4, -0.2) is 39.3 Å². The van der Waals surface area contributed by atoms with E-state index in [0.717, 1.165) is 0 Å². The third-order valence-corrected chi connectivity index (χ3v) is 5.17. The SMILES string of the molecule is CC1CN(C(=O)c2cccc([N+](=O)[O-])c2Br)CC(C)S1. The fourth-order valence-electron chi connectivity index (χ4n) is 2.34. The van der Waals surface area contributed by atoms with Crippen LogP contribution in [0.1, 0.15) is 24.2 Å². The summed E-state index contributed by atoms with van der Waals surface area (Å²) < 4.78 is 0.258. The molecule has 2 unspecified atom stereocenters. The van der Waals surface area contributed by atoms with Crippen molar-refractivity contribution in [3.63, 3.8) is 0 Å². The van der Waals surface area contributed by atoms with Crippen LogP contribution in [0.4, 0.5) is 5.69 Å². The molecule has 0 bridgehead atoms. The van der Waals surface area contributed by atoms with Gasteiger partial charge in [0.2, 0.25) is 0 Å². The van der Waals surface area contributed by atoms with Gasteiger partial charge in [0.1, 0.15) is 4.47 Å².